The highest BCUT2D eigenvalue weighted by Gasteiger charge is 2.36. The highest BCUT2D eigenvalue weighted by Crippen LogP contribution is 2.37. The third-order valence-electron chi connectivity index (χ3n) is 6.57. The van der Waals surface area contributed by atoms with Gasteiger partial charge in [-0.2, -0.15) is 0 Å². The zero-order valence-corrected chi connectivity index (χ0v) is 18.5. The maximum Gasteiger partial charge on any atom is 0.240 e. The van der Waals surface area contributed by atoms with Gasteiger partial charge in [0.15, 0.2) is 0 Å². The van der Waals surface area contributed by atoms with Crippen molar-refractivity contribution in [3.05, 3.63) is 53.6 Å². The molecule has 2 fully saturated rings. The number of rotatable bonds is 6. The molecule has 2 aromatic rings. The zero-order chi connectivity index (χ0) is 21.4. The van der Waals surface area contributed by atoms with Crippen LogP contribution >= 0.6 is 0 Å². The van der Waals surface area contributed by atoms with Crippen molar-refractivity contribution in [3.63, 3.8) is 0 Å². The van der Waals surface area contributed by atoms with Crippen LogP contribution in [-0.2, 0) is 27.8 Å². The number of hydrogen-bond acceptors (Lipinski definition) is 4. The molecule has 2 heterocycles. The minimum absolute atomic E-state index is 0.164. The van der Waals surface area contributed by atoms with Crippen molar-refractivity contribution in [1.29, 1.82) is 0 Å². The lowest BCUT2D eigenvalue weighted by atomic mass is 10.1. The first-order valence-electron chi connectivity index (χ1n) is 11.3. The van der Waals surface area contributed by atoms with E-state index in [0.29, 0.717) is 13.0 Å². The number of carbonyl (C=O) groups is 1. The lowest BCUT2D eigenvalue weighted by Gasteiger charge is -2.28. The topological polar surface area (TPSA) is 69.7 Å². The summed E-state index contributed by atoms with van der Waals surface area (Å²) in [6.45, 7) is 3.08. The van der Waals surface area contributed by atoms with Gasteiger partial charge in [-0.1, -0.05) is 12.1 Å². The molecule has 1 N–H and O–H groups in total. The van der Waals surface area contributed by atoms with Gasteiger partial charge in [0.05, 0.1) is 4.90 Å². The van der Waals surface area contributed by atoms with E-state index in [1.54, 1.807) is 18.2 Å². The summed E-state index contributed by atoms with van der Waals surface area (Å²) < 4.78 is 28.4. The summed E-state index contributed by atoms with van der Waals surface area (Å²) in [5.41, 5.74) is 3.94. The Labute approximate surface area is 184 Å². The standard InChI is InChI=1S/C24H29N3O3S/c28-24(19-6-7-19)27-15-12-20-16-22(10-11-23(20)27)31(29,30)25-17-18-4-8-21(9-5-18)26-13-2-1-3-14-26/h4-5,8-11,16,19,25H,1-3,6-7,12-15,17H2. The molecular weight excluding hydrogens is 410 g/mol. The Morgan fingerprint density at radius 2 is 1.71 bits per heavy atom. The highest BCUT2D eigenvalue weighted by atomic mass is 32.2. The molecule has 0 radical (unpaired) electrons. The third-order valence-corrected chi connectivity index (χ3v) is 7.97. The van der Waals surface area contributed by atoms with Gasteiger partial charge in [0.1, 0.15) is 0 Å². The molecule has 31 heavy (non-hydrogen) atoms. The number of carbonyl (C=O) groups excluding carboxylic acids is 1. The molecule has 0 bridgehead atoms. The largest absolute Gasteiger partial charge is 0.372 e. The van der Waals surface area contributed by atoms with E-state index in [0.717, 1.165) is 42.7 Å². The fourth-order valence-corrected chi connectivity index (χ4v) is 5.63. The Bertz CT molecular complexity index is 1070. The van der Waals surface area contributed by atoms with E-state index in [-0.39, 0.29) is 23.3 Å². The number of nitrogens with zero attached hydrogens (tertiary/aromatic N) is 2. The lowest BCUT2D eigenvalue weighted by molar-refractivity contribution is -0.119. The first-order valence-corrected chi connectivity index (χ1v) is 12.8. The SMILES string of the molecule is O=C(C1CC1)N1CCc2cc(S(=O)(=O)NCc3ccc(N4CCCCC4)cc3)ccc21. The molecule has 0 aromatic heterocycles. The van der Waals surface area contributed by atoms with Crippen LogP contribution in [0.5, 0.6) is 0 Å². The maximum absolute atomic E-state index is 12.9. The van der Waals surface area contributed by atoms with Crippen molar-refractivity contribution in [2.45, 2.75) is 50.0 Å². The second-order valence-corrected chi connectivity index (χ2v) is 10.6. The van der Waals surface area contributed by atoms with Crippen molar-refractivity contribution in [2.24, 2.45) is 5.92 Å². The van der Waals surface area contributed by atoms with Gasteiger partial charge in [-0.15, -0.1) is 0 Å². The molecule has 3 aliphatic rings. The van der Waals surface area contributed by atoms with Gasteiger partial charge in [-0.3, -0.25) is 4.79 Å². The van der Waals surface area contributed by atoms with Crippen LogP contribution in [0.15, 0.2) is 47.4 Å². The summed E-state index contributed by atoms with van der Waals surface area (Å²) in [5.74, 6) is 0.345. The van der Waals surface area contributed by atoms with Gasteiger partial charge in [-0.25, -0.2) is 13.1 Å². The summed E-state index contributed by atoms with van der Waals surface area (Å²) in [5, 5.41) is 0. The number of anilines is 2. The minimum Gasteiger partial charge on any atom is -0.372 e. The van der Waals surface area contributed by atoms with Gasteiger partial charge in [-0.05, 0) is 80.0 Å². The predicted molar refractivity (Wildman–Crippen MR) is 122 cm³/mol. The molecule has 1 saturated heterocycles. The van der Waals surface area contributed by atoms with Crippen molar-refractivity contribution < 1.29 is 13.2 Å². The van der Waals surface area contributed by atoms with Crippen molar-refractivity contribution in [2.75, 3.05) is 29.4 Å². The van der Waals surface area contributed by atoms with E-state index >= 15 is 0 Å². The molecule has 7 heteroatoms. The fraction of sp³-hybridized carbons (Fsp3) is 0.458. The Morgan fingerprint density at radius 3 is 2.42 bits per heavy atom. The van der Waals surface area contributed by atoms with E-state index in [1.807, 2.05) is 17.0 Å². The van der Waals surface area contributed by atoms with Crippen LogP contribution in [0, 0.1) is 5.92 Å². The Morgan fingerprint density at radius 1 is 0.968 bits per heavy atom. The maximum atomic E-state index is 12.9. The van der Waals surface area contributed by atoms with Gasteiger partial charge in [0, 0.05) is 43.5 Å². The highest BCUT2D eigenvalue weighted by molar-refractivity contribution is 7.89. The number of nitrogens with one attached hydrogen (secondary N) is 1. The molecule has 2 aromatic carbocycles. The number of benzene rings is 2. The van der Waals surface area contributed by atoms with Gasteiger partial charge in [0.2, 0.25) is 15.9 Å². The number of piperidine rings is 1. The summed E-state index contributed by atoms with van der Waals surface area (Å²) >= 11 is 0. The second kappa shape index (κ2) is 8.28. The molecular formula is C24H29N3O3S. The molecule has 0 atom stereocenters. The predicted octanol–water partition coefficient (Wildman–Crippen LogP) is 3.45. The van der Waals surface area contributed by atoms with Gasteiger partial charge >= 0.3 is 0 Å². The first-order chi connectivity index (χ1) is 15.0. The van der Waals surface area contributed by atoms with Crippen LogP contribution in [0.4, 0.5) is 11.4 Å². The van der Waals surface area contributed by atoms with Crippen LogP contribution < -0.4 is 14.5 Å². The van der Waals surface area contributed by atoms with E-state index in [4.69, 9.17) is 0 Å². The normalized spacial score (nSPS) is 18.8. The van der Waals surface area contributed by atoms with Crippen LogP contribution in [0.25, 0.3) is 0 Å². The van der Waals surface area contributed by atoms with Crippen LogP contribution in [0.3, 0.4) is 0 Å². The van der Waals surface area contributed by atoms with E-state index < -0.39 is 10.0 Å². The summed E-state index contributed by atoms with van der Waals surface area (Å²) in [6.07, 6.45) is 6.41. The second-order valence-electron chi connectivity index (χ2n) is 8.84. The van der Waals surface area contributed by atoms with E-state index in [2.05, 4.69) is 21.8 Å². The summed E-state index contributed by atoms with van der Waals surface area (Å²) in [4.78, 5) is 16.9. The molecule has 164 valence electrons. The van der Waals surface area contributed by atoms with E-state index in [9.17, 15) is 13.2 Å². The molecule has 1 saturated carbocycles. The molecule has 1 amide bonds. The van der Waals surface area contributed by atoms with Gasteiger partial charge < -0.3 is 9.80 Å². The van der Waals surface area contributed by atoms with Crippen molar-refractivity contribution in [3.8, 4) is 0 Å². The fourth-order valence-electron chi connectivity index (χ4n) is 4.56. The average Bonchev–Trinajstić information content (AvgIpc) is 3.57. The average molecular weight is 440 g/mol. The van der Waals surface area contributed by atoms with Crippen LogP contribution in [0.2, 0.25) is 0 Å². The Kier molecular flexibility index (Phi) is 5.48. The number of hydrogen-bond donors (Lipinski definition) is 1. The number of sulfonamides is 1. The molecule has 2 aliphatic heterocycles. The summed E-state index contributed by atoms with van der Waals surface area (Å²) in [6, 6.07) is 13.3. The molecule has 5 rings (SSSR count). The molecule has 6 nitrogen and oxygen atoms in total. The van der Waals surface area contributed by atoms with Crippen molar-refractivity contribution in [1.82, 2.24) is 4.72 Å². The van der Waals surface area contributed by atoms with E-state index in [1.165, 1.54) is 24.9 Å². The van der Waals surface area contributed by atoms with Crippen molar-refractivity contribution >= 4 is 27.3 Å². The monoisotopic (exact) mass is 439 g/mol. The minimum atomic E-state index is -3.62. The lowest BCUT2D eigenvalue weighted by Crippen LogP contribution is -2.30. The smallest absolute Gasteiger partial charge is 0.240 e. The van der Waals surface area contributed by atoms with Gasteiger partial charge in [0.25, 0.3) is 0 Å². The zero-order valence-electron chi connectivity index (χ0n) is 17.7. The number of fused-ring (bicyclic) bond motifs is 1. The quantitative estimate of drug-likeness (QED) is 0.749. The Hall–Kier alpha value is -2.38. The summed E-state index contributed by atoms with van der Waals surface area (Å²) in [7, 11) is -3.62. The number of amides is 1. The molecule has 0 unspecified atom stereocenters. The van der Waals surface area contributed by atoms with Crippen LogP contribution in [0.1, 0.15) is 43.2 Å². The molecule has 1 aliphatic carbocycles. The Balaban J connectivity index is 1.24. The molecule has 0 spiro atoms. The third kappa shape index (κ3) is 4.34. The van der Waals surface area contributed by atoms with Crippen LogP contribution in [-0.4, -0.2) is 34.0 Å². The first kappa shape index (κ1) is 20.5.